The molecule has 0 fully saturated rings. The van der Waals surface area contributed by atoms with Crippen LogP contribution in [0.3, 0.4) is 0 Å². The first-order valence-corrected chi connectivity index (χ1v) is 8.72. The third-order valence-corrected chi connectivity index (χ3v) is 4.49. The van der Waals surface area contributed by atoms with Gasteiger partial charge in [-0.15, -0.1) is 6.58 Å². The minimum Gasteiger partial charge on any atom is -0.467 e. The molecule has 2 atom stereocenters. The Balaban J connectivity index is 2.51. The minimum atomic E-state index is -1.22. The molecule has 0 bridgehead atoms. The van der Waals surface area contributed by atoms with E-state index in [0.29, 0.717) is 18.4 Å². The second kappa shape index (κ2) is 8.99. The monoisotopic (exact) mass is 351 g/mol. The van der Waals surface area contributed by atoms with Gasteiger partial charge in [0.2, 0.25) is 0 Å². The summed E-state index contributed by atoms with van der Waals surface area (Å²) in [7, 11) is 1.34. The van der Waals surface area contributed by atoms with Crippen LogP contribution in [0, 0.1) is 0 Å². The number of carbonyl (C=O) groups is 2. The van der Waals surface area contributed by atoms with Gasteiger partial charge in [0.25, 0.3) is 5.91 Å². The fourth-order valence-electron chi connectivity index (χ4n) is 3.30. The van der Waals surface area contributed by atoms with Crippen molar-refractivity contribution in [3.05, 3.63) is 84.4 Å². The molecule has 4 heteroatoms. The number of hydrogen-bond donors (Lipinski definition) is 1. The van der Waals surface area contributed by atoms with Gasteiger partial charge in [0.15, 0.2) is 0 Å². The SMILES string of the molecule is C=C[C@H](c1ccccc1)[C@@](CCC)(NC(=O)c1ccccc1)C(=O)OC. The summed E-state index contributed by atoms with van der Waals surface area (Å²) in [4.78, 5) is 25.7. The van der Waals surface area contributed by atoms with E-state index >= 15 is 0 Å². The van der Waals surface area contributed by atoms with E-state index in [0.717, 1.165) is 5.56 Å². The van der Waals surface area contributed by atoms with Crippen LogP contribution in [-0.2, 0) is 9.53 Å². The van der Waals surface area contributed by atoms with Crippen molar-refractivity contribution in [1.29, 1.82) is 0 Å². The van der Waals surface area contributed by atoms with Crippen molar-refractivity contribution < 1.29 is 14.3 Å². The van der Waals surface area contributed by atoms with Gasteiger partial charge in [-0.1, -0.05) is 68.0 Å². The van der Waals surface area contributed by atoms with Crippen LogP contribution in [0.25, 0.3) is 0 Å². The van der Waals surface area contributed by atoms with E-state index in [9.17, 15) is 9.59 Å². The highest BCUT2D eigenvalue weighted by atomic mass is 16.5. The topological polar surface area (TPSA) is 55.4 Å². The van der Waals surface area contributed by atoms with Crippen molar-refractivity contribution in [3.63, 3.8) is 0 Å². The maximum Gasteiger partial charge on any atom is 0.332 e. The number of carbonyl (C=O) groups excluding carboxylic acids is 2. The molecule has 2 aromatic rings. The van der Waals surface area contributed by atoms with Gasteiger partial charge in [0.1, 0.15) is 5.54 Å². The van der Waals surface area contributed by atoms with Crippen LogP contribution in [-0.4, -0.2) is 24.5 Å². The van der Waals surface area contributed by atoms with Crippen LogP contribution in [0.15, 0.2) is 73.3 Å². The van der Waals surface area contributed by atoms with Gasteiger partial charge in [-0.05, 0) is 24.1 Å². The highest BCUT2D eigenvalue weighted by Crippen LogP contribution is 2.35. The standard InChI is InChI=1S/C22H25NO3/c1-4-16-22(21(25)26-3,19(5-2)17-12-8-6-9-13-17)23-20(24)18-14-10-7-11-15-18/h5-15,19H,2,4,16H2,1,3H3,(H,23,24)/t19-,22-/m1/s1. The molecule has 0 unspecified atom stereocenters. The van der Waals surface area contributed by atoms with Crippen molar-refractivity contribution in [3.8, 4) is 0 Å². The number of nitrogens with one attached hydrogen (secondary N) is 1. The molecule has 2 aromatic carbocycles. The molecule has 1 amide bonds. The van der Waals surface area contributed by atoms with E-state index in [2.05, 4.69) is 11.9 Å². The van der Waals surface area contributed by atoms with Gasteiger partial charge in [-0.25, -0.2) is 4.79 Å². The zero-order valence-electron chi connectivity index (χ0n) is 15.3. The van der Waals surface area contributed by atoms with Gasteiger partial charge >= 0.3 is 5.97 Å². The summed E-state index contributed by atoms with van der Waals surface area (Å²) < 4.78 is 5.11. The summed E-state index contributed by atoms with van der Waals surface area (Å²) in [5.41, 5.74) is 0.168. The van der Waals surface area contributed by atoms with Crippen LogP contribution in [0.2, 0.25) is 0 Å². The van der Waals surface area contributed by atoms with Crippen molar-refractivity contribution in [2.75, 3.05) is 7.11 Å². The molecule has 1 N–H and O–H groups in total. The molecule has 0 aliphatic rings. The summed E-state index contributed by atoms with van der Waals surface area (Å²) in [6.07, 6.45) is 2.83. The fraction of sp³-hybridized carbons (Fsp3) is 0.273. The van der Waals surface area contributed by atoms with Gasteiger partial charge in [0, 0.05) is 11.5 Å². The molecule has 2 rings (SSSR count). The zero-order valence-corrected chi connectivity index (χ0v) is 15.3. The Labute approximate surface area is 154 Å². The Morgan fingerprint density at radius 1 is 1.12 bits per heavy atom. The molecule has 4 nitrogen and oxygen atoms in total. The summed E-state index contributed by atoms with van der Waals surface area (Å²) in [6.45, 7) is 5.89. The predicted octanol–water partition coefficient (Wildman–Crippen LogP) is 4.10. The molecular weight excluding hydrogens is 326 g/mol. The predicted molar refractivity (Wildman–Crippen MR) is 103 cm³/mol. The smallest absolute Gasteiger partial charge is 0.332 e. The van der Waals surface area contributed by atoms with Gasteiger partial charge in [0.05, 0.1) is 7.11 Å². The molecule has 0 spiro atoms. The summed E-state index contributed by atoms with van der Waals surface area (Å²) >= 11 is 0. The molecule has 0 saturated carbocycles. The molecular formula is C22H25NO3. The fourth-order valence-corrected chi connectivity index (χ4v) is 3.30. The second-order valence-electron chi connectivity index (χ2n) is 6.16. The number of esters is 1. The number of benzene rings is 2. The molecule has 0 radical (unpaired) electrons. The van der Waals surface area contributed by atoms with Gasteiger partial charge in [-0.2, -0.15) is 0 Å². The van der Waals surface area contributed by atoms with Gasteiger partial charge < -0.3 is 10.1 Å². The summed E-state index contributed by atoms with van der Waals surface area (Å²) in [5.74, 6) is -1.20. The Hall–Kier alpha value is -2.88. The Morgan fingerprint density at radius 2 is 1.69 bits per heavy atom. The van der Waals surface area contributed by atoms with Crippen LogP contribution in [0.1, 0.15) is 41.6 Å². The van der Waals surface area contributed by atoms with Crippen molar-refractivity contribution in [2.24, 2.45) is 0 Å². The second-order valence-corrected chi connectivity index (χ2v) is 6.16. The van der Waals surface area contributed by atoms with Crippen molar-refractivity contribution in [1.82, 2.24) is 5.32 Å². The Kier molecular flexibility index (Phi) is 6.73. The molecule has 0 aliphatic carbocycles. The van der Waals surface area contributed by atoms with E-state index in [1.54, 1.807) is 30.3 Å². The van der Waals surface area contributed by atoms with Crippen molar-refractivity contribution in [2.45, 2.75) is 31.2 Å². The Morgan fingerprint density at radius 3 is 2.19 bits per heavy atom. The lowest BCUT2D eigenvalue weighted by atomic mass is 9.75. The maximum atomic E-state index is 12.9. The lowest BCUT2D eigenvalue weighted by Gasteiger charge is -2.38. The molecule has 0 aliphatic heterocycles. The molecule has 0 aromatic heterocycles. The molecule has 0 heterocycles. The third-order valence-electron chi connectivity index (χ3n) is 4.49. The average molecular weight is 351 g/mol. The first kappa shape index (κ1) is 19.4. The minimum absolute atomic E-state index is 0.313. The number of ether oxygens (including phenoxy) is 1. The Bertz CT molecular complexity index is 742. The maximum absolute atomic E-state index is 12.9. The van der Waals surface area contributed by atoms with Crippen LogP contribution in [0.4, 0.5) is 0 Å². The molecule has 136 valence electrons. The average Bonchev–Trinajstić information content (AvgIpc) is 2.69. The van der Waals surface area contributed by atoms with E-state index in [4.69, 9.17) is 4.74 Å². The zero-order chi connectivity index (χ0) is 19.0. The number of rotatable bonds is 8. The van der Waals surface area contributed by atoms with Crippen molar-refractivity contribution >= 4 is 11.9 Å². The third kappa shape index (κ3) is 4.02. The van der Waals surface area contributed by atoms with Crippen LogP contribution < -0.4 is 5.32 Å². The highest BCUT2D eigenvalue weighted by Gasteiger charge is 2.47. The lowest BCUT2D eigenvalue weighted by Crippen LogP contribution is -2.58. The van der Waals surface area contributed by atoms with Gasteiger partial charge in [-0.3, -0.25) is 4.79 Å². The lowest BCUT2D eigenvalue weighted by molar-refractivity contribution is -0.149. The summed E-state index contributed by atoms with van der Waals surface area (Å²) in [6, 6.07) is 18.4. The first-order chi connectivity index (χ1) is 12.6. The van der Waals surface area contributed by atoms with E-state index in [1.807, 2.05) is 43.3 Å². The van der Waals surface area contributed by atoms with E-state index in [1.165, 1.54) is 7.11 Å². The highest BCUT2D eigenvalue weighted by molar-refractivity contribution is 5.98. The molecule has 0 saturated heterocycles. The quantitative estimate of drug-likeness (QED) is 0.575. The normalized spacial score (nSPS) is 13.9. The molecule has 26 heavy (non-hydrogen) atoms. The van der Waals surface area contributed by atoms with Crippen LogP contribution >= 0.6 is 0 Å². The number of amides is 1. The van der Waals surface area contributed by atoms with E-state index < -0.39 is 17.4 Å². The van der Waals surface area contributed by atoms with Crippen LogP contribution in [0.5, 0.6) is 0 Å². The largest absolute Gasteiger partial charge is 0.467 e. The number of hydrogen-bond acceptors (Lipinski definition) is 3. The number of methoxy groups -OCH3 is 1. The summed E-state index contributed by atoms with van der Waals surface area (Å²) in [5, 5.41) is 2.96. The van der Waals surface area contributed by atoms with E-state index in [-0.39, 0.29) is 5.91 Å². The first-order valence-electron chi connectivity index (χ1n) is 8.72.